The summed E-state index contributed by atoms with van der Waals surface area (Å²) < 4.78 is 52.2. The number of halogens is 3. The second kappa shape index (κ2) is 8.26. The Balaban J connectivity index is 1.83. The average Bonchev–Trinajstić information content (AvgIpc) is 3.22. The first-order valence-electron chi connectivity index (χ1n) is 8.54. The highest BCUT2D eigenvalue weighted by Gasteiger charge is 2.34. The molecule has 9 heteroatoms. The smallest absolute Gasteiger partial charge is 0.418 e. The number of carbonyl (C=O) groups is 1. The number of nitrogens with one attached hydrogen (secondary N) is 1. The molecule has 0 unspecified atom stereocenters. The zero-order chi connectivity index (χ0) is 21.0. The summed E-state index contributed by atoms with van der Waals surface area (Å²) in [6.07, 6.45) is -1.77. The lowest BCUT2D eigenvalue weighted by molar-refractivity contribution is -0.137. The van der Waals surface area contributed by atoms with Crippen LogP contribution < -0.4 is 14.8 Å². The quantitative estimate of drug-likeness (QED) is 0.671. The fraction of sp³-hybridized carbons (Fsp3) is 0.200. The highest BCUT2D eigenvalue weighted by atomic mass is 19.4. The number of alkyl halides is 3. The van der Waals surface area contributed by atoms with Crippen LogP contribution in [0.1, 0.15) is 11.1 Å². The Morgan fingerprint density at radius 2 is 1.86 bits per heavy atom. The molecule has 0 radical (unpaired) electrons. The van der Waals surface area contributed by atoms with Gasteiger partial charge < -0.3 is 14.8 Å². The monoisotopic (exact) mass is 405 g/mol. The molecule has 0 aliphatic rings. The molecule has 0 spiro atoms. The molecule has 0 saturated heterocycles. The van der Waals surface area contributed by atoms with Crippen LogP contribution in [-0.4, -0.2) is 29.9 Å². The van der Waals surface area contributed by atoms with E-state index < -0.39 is 17.6 Å². The van der Waals surface area contributed by atoms with Crippen molar-refractivity contribution in [3.63, 3.8) is 0 Å². The summed E-state index contributed by atoms with van der Waals surface area (Å²) in [7, 11) is 2.94. The van der Waals surface area contributed by atoms with Crippen LogP contribution in [0.5, 0.6) is 11.5 Å². The summed E-state index contributed by atoms with van der Waals surface area (Å²) in [4.78, 5) is 12.4. The number of hydrogen-bond donors (Lipinski definition) is 1. The first kappa shape index (κ1) is 20.2. The molecular weight excluding hydrogens is 387 g/mol. The highest BCUT2D eigenvalue weighted by Crippen LogP contribution is 2.36. The topological polar surface area (TPSA) is 65.4 Å². The maximum Gasteiger partial charge on any atom is 0.418 e. The van der Waals surface area contributed by atoms with Gasteiger partial charge in [0.25, 0.3) is 0 Å². The lowest BCUT2D eigenvalue weighted by Gasteiger charge is -2.16. The van der Waals surface area contributed by atoms with Crippen molar-refractivity contribution in [2.75, 3.05) is 19.5 Å². The second-order valence-corrected chi connectivity index (χ2v) is 6.09. The van der Waals surface area contributed by atoms with E-state index in [1.165, 1.54) is 43.4 Å². The fourth-order valence-corrected chi connectivity index (χ4v) is 2.81. The van der Waals surface area contributed by atoms with Crippen LogP contribution >= 0.6 is 0 Å². The van der Waals surface area contributed by atoms with Crippen molar-refractivity contribution in [3.8, 4) is 17.2 Å². The lowest BCUT2D eigenvalue weighted by Crippen LogP contribution is -2.18. The van der Waals surface area contributed by atoms with Crippen molar-refractivity contribution in [2.24, 2.45) is 0 Å². The SMILES string of the molecule is COc1ccc(CC(=O)Nc2ccc(-n3cccn3)cc2C(F)(F)F)cc1OC. The van der Waals surface area contributed by atoms with Crippen LogP contribution in [0.15, 0.2) is 54.9 Å². The maximum absolute atomic E-state index is 13.5. The molecular formula is C20H18F3N3O3. The minimum absolute atomic E-state index is 0.126. The predicted molar refractivity (Wildman–Crippen MR) is 100 cm³/mol. The van der Waals surface area contributed by atoms with Crippen molar-refractivity contribution in [3.05, 3.63) is 66.0 Å². The summed E-state index contributed by atoms with van der Waals surface area (Å²) in [5.41, 5.74) is -0.466. The third-order valence-corrected chi connectivity index (χ3v) is 4.16. The Labute approximate surface area is 164 Å². The molecule has 29 heavy (non-hydrogen) atoms. The first-order valence-corrected chi connectivity index (χ1v) is 8.54. The largest absolute Gasteiger partial charge is 0.493 e. The molecule has 0 fully saturated rings. The number of aromatic nitrogens is 2. The standard InChI is InChI=1S/C20H18F3N3O3/c1-28-17-7-4-13(10-18(17)29-2)11-19(27)25-16-6-5-14(26-9-3-8-24-26)12-15(16)20(21,22)23/h3-10,12H,11H2,1-2H3,(H,25,27). The Bertz CT molecular complexity index is 1000. The van der Waals surface area contributed by atoms with Crippen molar-refractivity contribution in [1.29, 1.82) is 0 Å². The maximum atomic E-state index is 13.5. The number of nitrogens with zero attached hydrogens (tertiary/aromatic N) is 2. The first-order chi connectivity index (χ1) is 13.8. The molecule has 0 bridgehead atoms. The van der Waals surface area contributed by atoms with E-state index in [4.69, 9.17) is 9.47 Å². The van der Waals surface area contributed by atoms with Gasteiger partial charge in [0.15, 0.2) is 11.5 Å². The summed E-state index contributed by atoms with van der Waals surface area (Å²) in [5.74, 6) is 0.331. The second-order valence-electron chi connectivity index (χ2n) is 6.09. The van der Waals surface area contributed by atoms with E-state index in [0.717, 1.165) is 6.07 Å². The molecule has 0 aliphatic heterocycles. The molecule has 0 saturated carbocycles. The minimum atomic E-state index is -4.64. The van der Waals surface area contributed by atoms with Crippen LogP contribution in [0.4, 0.5) is 18.9 Å². The summed E-state index contributed by atoms with van der Waals surface area (Å²) in [6.45, 7) is 0. The number of anilines is 1. The van der Waals surface area contributed by atoms with Crippen molar-refractivity contribution >= 4 is 11.6 Å². The van der Waals surface area contributed by atoms with E-state index in [-0.39, 0.29) is 17.8 Å². The van der Waals surface area contributed by atoms with Crippen LogP contribution in [-0.2, 0) is 17.4 Å². The molecule has 1 aromatic heterocycles. The Morgan fingerprint density at radius 1 is 1.10 bits per heavy atom. The molecule has 1 amide bonds. The van der Waals surface area contributed by atoms with Crippen LogP contribution in [0, 0.1) is 0 Å². The molecule has 3 rings (SSSR count). The van der Waals surface area contributed by atoms with Gasteiger partial charge in [0.1, 0.15) is 0 Å². The van der Waals surface area contributed by atoms with E-state index >= 15 is 0 Å². The molecule has 6 nitrogen and oxygen atoms in total. The van der Waals surface area contributed by atoms with E-state index in [9.17, 15) is 18.0 Å². The molecule has 0 aliphatic carbocycles. The zero-order valence-electron chi connectivity index (χ0n) is 15.7. The van der Waals surface area contributed by atoms with E-state index in [1.807, 2.05) is 0 Å². The Morgan fingerprint density at radius 3 is 2.48 bits per heavy atom. The van der Waals surface area contributed by atoms with Gasteiger partial charge in [-0.05, 0) is 42.0 Å². The molecule has 1 heterocycles. The number of ether oxygens (including phenoxy) is 2. The van der Waals surface area contributed by atoms with Crippen LogP contribution in [0.25, 0.3) is 5.69 Å². The Hall–Kier alpha value is -3.49. The third kappa shape index (κ3) is 4.68. The molecule has 3 aromatic rings. The zero-order valence-corrected chi connectivity index (χ0v) is 15.7. The van der Waals surface area contributed by atoms with Crippen LogP contribution in [0.3, 0.4) is 0 Å². The van der Waals surface area contributed by atoms with Gasteiger partial charge in [-0.15, -0.1) is 0 Å². The average molecular weight is 405 g/mol. The number of methoxy groups -OCH3 is 2. The van der Waals surface area contributed by atoms with E-state index in [0.29, 0.717) is 17.1 Å². The van der Waals surface area contributed by atoms with Crippen molar-refractivity contribution in [1.82, 2.24) is 9.78 Å². The predicted octanol–water partition coefficient (Wildman–Crippen LogP) is 4.09. The molecule has 1 N–H and O–H groups in total. The van der Waals surface area contributed by atoms with Crippen molar-refractivity contribution in [2.45, 2.75) is 12.6 Å². The van der Waals surface area contributed by atoms with Gasteiger partial charge in [-0.25, -0.2) is 4.68 Å². The normalized spacial score (nSPS) is 11.2. The van der Waals surface area contributed by atoms with E-state index in [2.05, 4.69) is 10.4 Å². The molecule has 152 valence electrons. The van der Waals surface area contributed by atoms with Gasteiger partial charge in [0.2, 0.25) is 5.91 Å². The van der Waals surface area contributed by atoms with E-state index in [1.54, 1.807) is 24.3 Å². The highest BCUT2D eigenvalue weighted by molar-refractivity contribution is 5.93. The summed E-state index contributed by atoms with van der Waals surface area (Å²) in [6, 6.07) is 10.1. The van der Waals surface area contributed by atoms with Gasteiger partial charge in [0.05, 0.1) is 37.6 Å². The lowest BCUT2D eigenvalue weighted by atomic mass is 10.1. The van der Waals surface area contributed by atoms with Crippen LogP contribution in [0.2, 0.25) is 0 Å². The number of carbonyl (C=O) groups excluding carboxylic acids is 1. The Kier molecular flexibility index (Phi) is 5.76. The summed E-state index contributed by atoms with van der Waals surface area (Å²) >= 11 is 0. The number of hydrogen-bond acceptors (Lipinski definition) is 4. The number of rotatable bonds is 6. The fourth-order valence-electron chi connectivity index (χ4n) is 2.81. The third-order valence-electron chi connectivity index (χ3n) is 4.16. The van der Waals surface area contributed by atoms with Gasteiger partial charge in [0, 0.05) is 12.4 Å². The number of benzene rings is 2. The summed E-state index contributed by atoms with van der Waals surface area (Å²) in [5, 5.41) is 6.27. The number of amides is 1. The van der Waals surface area contributed by atoms with Crippen molar-refractivity contribution < 1.29 is 27.4 Å². The van der Waals surface area contributed by atoms with Gasteiger partial charge in [-0.2, -0.15) is 18.3 Å². The molecule has 0 atom stereocenters. The minimum Gasteiger partial charge on any atom is -0.493 e. The van der Waals surface area contributed by atoms with Gasteiger partial charge >= 0.3 is 6.18 Å². The van der Waals surface area contributed by atoms with Gasteiger partial charge in [-0.3, -0.25) is 4.79 Å². The molecule has 2 aromatic carbocycles. The van der Waals surface area contributed by atoms with Gasteiger partial charge in [-0.1, -0.05) is 6.07 Å².